The van der Waals surface area contributed by atoms with E-state index >= 15 is 0 Å². The molecule has 84 valence electrons. The average Bonchev–Trinajstić information content (AvgIpc) is 2.83. The summed E-state index contributed by atoms with van der Waals surface area (Å²) >= 11 is 1.56. The van der Waals surface area contributed by atoms with E-state index < -0.39 is 0 Å². The van der Waals surface area contributed by atoms with E-state index in [4.69, 9.17) is 5.73 Å². The minimum absolute atomic E-state index is 0.0854. The smallest absolute Gasteiger partial charge is 0.230 e. The van der Waals surface area contributed by atoms with Gasteiger partial charge in [0, 0.05) is 11.9 Å². The predicted molar refractivity (Wildman–Crippen MR) is 64.3 cm³/mol. The number of thiophene rings is 1. The van der Waals surface area contributed by atoms with Crippen LogP contribution >= 0.6 is 11.3 Å². The summed E-state index contributed by atoms with van der Waals surface area (Å²) in [4.78, 5) is 12.7. The second-order valence-electron chi connectivity index (χ2n) is 3.38. The lowest BCUT2D eigenvalue weighted by Crippen LogP contribution is -2.17. The van der Waals surface area contributed by atoms with E-state index in [1.165, 1.54) is 6.20 Å². The third kappa shape index (κ3) is 2.22. The third-order valence-electron chi connectivity index (χ3n) is 2.14. The van der Waals surface area contributed by atoms with Gasteiger partial charge in [0.25, 0.3) is 0 Å². The van der Waals surface area contributed by atoms with E-state index in [0.29, 0.717) is 17.9 Å². The van der Waals surface area contributed by atoms with Crippen LogP contribution < -0.4 is 11.1 Å². The number of amides is 1. The predicted octanol–water partition coefficient (Wildman–Crippen LogP) is 1.24. The molecule has 2 aromatic heterocycles. The molecule has 0 aromatic carbocycles. The van der Waals surface area contributed by atoms with Crippen molar-refractivity contribution in [2.75, 3.05) is 11.1 Å². The molecule has 3 N–H and O–H groups in total. The van der Waals surface area contributed by atoms with Gasteiger partial charge in [0.05, 0.1) is 18.3 Å². The zero-order chi connectivity index (χ0) is 11.5. The van der Waals surface area contributed by atoms with Crippen LogP contribution in [0, 0.1) is 0 Å². The van der Waals surface area contributed by atoms with Crippen LogP contribution in [0.15, 0.2) is 23.7 Å². The van der Waals surface area contributed by atoms with Crippen LogP contribution in [0.5, 0.6) is 0 Å². The number of aryl methyl sites for hydroxylation is 1. The molecule has 2 heterocycles. The standard InChI is InChI=1S/C10H12N4OS/c1-14-10(8(11)6-12-14)13-9(15)5-7-3-2-4-16-7/h2-4,6H,5,11H2,1H3,(H,13,15). The van der Waals surface area contributed by atoms with Gasteiger partial charge in [-0.1, -0.05) is 6.07 Å². The topological polar surface area (TPSA) is 72.9 Å². The van der Waals surface area contributed by atoms with Crippen LogP contribution in [-0.4, -0.2) is 15.7 Å². The molecule has 0 aliphatic heterocycles. The van der Waals surface area contributed by atoms with Crippen molar-refractivity contribution >= 4 is 28.7 Å². The highest BCUT2D eigenvalue weighted by Gasteiger charge is 2.10. The van der Waals surface area contributed by atoms with Crippen molar-refractivity contribution in [3.8, 4) is 0 Å². The van der Waals surface area contributed by atoms with Crippen LogP contribution in [0.25, 0.3) is 0 Å². The van der Waals surface area contributed by atoms with Crippen molar-refractivity contribution in [2.24, 2.45) is 7.05 Å². The van der Waals surface area contributed by atoms with Gasteiger partial charge in [-0.15, -0.1) is 11.3 Å². The van der Waals surface area contributed by atoms with E-state index in [9.17, 15) is 4.79 Å². The number of carbonyl (C=O) groups excluding carboxylic acids is 1. The maximum Gasteiger partial charge on any atom is 0.230 e. The Bertz CT molecular complexity index is 469. The van der Waals surface area contributed by atoms with E-state index in [0.717, 1.165) is 4.88 Å². The van der Waals surface area contributed by atoms with Crippen molar-refractivity contribution in [3.63, 3.8) is 0 Å². The zero-order valence-electron chi connectivity index (χ0n) is 8.80. The molecule has 0 aliphatic rings. The quantitative estimate of drug-likeness (QED) is 0.842. The highest BCUT2D eigenvalue weighted by molar-refractivity contribution is 7.10. The van der Waals surface area contributed by atoms with Crippen molar-refractivity contribution < 1.29 is 4.79 Å². The highest BCUT2D eigenvalue weighted by Crippen LogP contribution is 2.16. The molecule has 0 unspecified atom stereocenters. The first-order valence-electron chi connectivity index (χ1n) is 4.76. The number of nitrogen functional groups attached to an aromatic ring is 1. The summed E-state index contributed by atoms with van der Waals surface area (Å²) in [7, 11) is 1.73. The molecule has 6 heteroatoms. The van der Waals surface area contributed by atoms with Gasteiger partial charge >= 0.3 is 0 Å². The maximum absolute atomic E-state index is 11.7. The molecule has 0 spiro atoms. The first kappa shape index (κ1) is 10.7. The molecule has 0 fully saturated rings. The zero-order valence-corrected chi connectivity index (χ0v) is 9.62. The summed E-state index contributed by atoms with van der Waals surface area (Å²) in [6.07, 6.45) is 1.88. The Kier molecular flexibility index (Phi) is 2.91. The van der Waals surface area contributed by atoms with Crippen molar-refractivity contribution in [3.05, 3.63) is 28.6 Å². The summed E-state index contributed by atoms with van der Waals surface area (Å²) in [5, 5.41) is 8.63. The number of hydrogen-bond donors (Lipinski definition) is 2. The van der Waals surface area contributed by atoms with Gasteiger partial charge in [-0.05, 0) is 11.4 Å². The molecule has 2 rings (SSSR count). The molecule has 0 saturated heterocycles. The van der Waals surface area contributed by atoms with Gasteiger partial charge in [-0.2, -0.15) is 5.10 Å². The average molecular weight is 236 g/mol. The van der Waals surface area contributed by atoms with Gasteiger partial charge in [0.15, 0.2) is 5.82 Å². The normalized spacial score (nSPS) is 10.3. The SMILES string of the molecule is Cn1ncc(N)c1NC(=O)Cc1cccs1. The maximum atomic E-state index is 11.7. The number of hydrogen-bond acceptors (Lipinski definition) is 4. The number of carbonyl (C=O) groups is 1. The van der Waals surface area contributed by atoms with Crippen molar-refractivity contribution in [1.29, 1.82) is 0 Å². The van der Waals surface area contributed by atoms with Gasteiger partial charge in [0.2, 0.25) is 5.91 Å². The molecule has 2 aromatic rings. The molecule has 1 amide bonds. The molecule has 0 radical (unpaired) electrons. The van der Waals surface area contributed by atoms with Crippen LogP contribution in [0.1, 0.15) is 4.88 Å². The molecular formula is C10H12N4OS. The van der Waals surface area contributed by atoms with Gasteiger partial charge < -0.3 is 11.1 Å². The lowest BCUT2D eigenvalue weighted by Gasteiger charge is -2.05. The Balaban J connectivity index is 2.03. The number of nitrogens with one attached hydrogen (secondary N) is 1. The number of nitrogens with zero attached hydrogens (tertiary/aromatic N) is 2. The van der Waals surface area contributed by atoms with Crippen LogP contribution in [-0.2, 0) is 18.3 Å². The fourth-order valence-electron chi connectivity index (χ4n) is 1.36. The molecule has 5 nitrogen and oxygen atoms in total. The Morgan fingerprint density at radius 3 is 3.06 bits per heavy atom. The molecule has 0 atom stereocenters. The van der Waals surface area contributed by atoms with Crippen molar-refractivity contribution in [1.82, 2.24) is 9.78 Å². The second-order valence-corrected chi connectivity index (χ2v) is 4.41. The highest BCUT2D eigenvalue weighted by atomic mass is 32.1. The summed E-state index contributed by atoms with van der Waals surface area (Å²) in [6.45, 7) is 0. The number of nitrogens with two attached hydrogens (primary N) is 1. The Morgan fingerprint density at radius 1 is 1.69 bits per heavy atom. The summed E-state index contributed by atoms with van der Waals surface area (Å²) < 4.78 is 1.54. The van der Waals surface area contributed by atoms with Crippen LogP contribution in [0.4, 0.5) is 11.5 Å². The first-order valence-corrected chi connectivity index (χ1v) is 5.64. The molecule has 0 aliphatic carbocycles. The van der Waals surface area contributed by atoms with E-state index in [1.807, 2.05) is 17.5 Å². The summed E-state index contributed by atoms with van der Waals surface area (Å²) in [6, 6.07) is 3.85. The number of anilines is 2. The van der Waals surface area contributed by atoms with E-state index in [1.54, 1.807) is 23.1 Å². The van der Waals surface area contributed by atoms with Crippen LogP contribution in [0.2, 0.25) is 0 Å². The fraction of sp³-hybridized carbons (Fsp3) is 0.200. The number of rotatable bonds is 3. The fourth-order valence-corrected chi connectivity index (χ4v) is 2.06. The minimum Gasteiger partial charge on any atom is -0.394 e. The monoisotopic (exact) mass is 236 g/mol. The van der Waals surface area contributed by atoms with Crippen molar-refractivity contribution in [2.45, 2.75) is 6.42 Å². The Labute approximate surface area is 96.9 Å². The summed E-state index contributed by atoms with van der Waals surface area (Å²) in [5.74, 6) is 0.458. The second kappa shape index (κ2) is 4.36. The lowest BCUT2D eigenvalue weighted by molar-refractivity contribution is -0.115. The third-order valence-corrected chi connectivity index (χ3v) is 3.02. The summed E-state index contributed by atoms with van der Waals surface area (Å²) in [5.41, 5.74) is 6.14. The van der Waals surface area contributed by atoms with E-state index in [-0.39, 0.29) is 5.91 Å². The number of aromatic nitrogens is 2. The van der Waals surface area contributed by atoms with E-state index in [2.05, 4.69) is 10.4 Å². The lowest BCUT2D eigenvalue weighted by atomic mass is 10.3. The molecular weight excluding hydrogens is 224 g/mol. The van der Waals surface area contributed by atoms with Gasteiger partial charge in [-0.3, -0.25) is 9.48 Å². The molecule has 0 saturated carbocycles. The largest absolute Gasteiger partial charge is 0.394 e. The van der Waals surface area contributed by atoms with Crippen LogP contribution in [0.3, 0.4) is 0 Å². The molecule has 0 bridgehead atoms. The minimum atomic E-state index is -0.0854. The molecule has 16 heavy (non-hydrogen) atoms. The Hall–Kier alpha value is -1.82. The first-order chi connectivity index (χ1) is 7.66. The Morgan fingerprint density at radius 2 is 2.50 bits per heavy atom. The van der Waals surface area contributed by atoms with Gasteiger partial charge in [-0.25, -0.2) is 0 Å². The van der Waals surface area contributed by atoms with Gasteiger partial charge in [0.1, 0.15) is 0 Å².